The number of nitrogens with zero attached hydrogens (tertiary/aromatic N) is 1. The molecule has 0 radical (unpaired) electrons. The number of aromatic carboxylic acids is 1. The first-order valence-corrected chi connectivity index (χ1v) is 6.80. The predicted molar refractivity (Wildman–Crippen MR) is 81.4 cm³/mol. The average Bonchev–Trinajstić information content (AvgIpc) is 2.53. The Balaban J connectivity index is 2.03. The van der Waals surface area contributed by atoms with Gasteiger partial charge in [-0.1, -0.05) is 30.3 Å². The van der Waals surface area contributed by atoms with E-state index in [9.17, 15) is 9.90 Å². The van der Waals surface area contributed by atoms with Gasteiger partial charge in [-0.05, 0) is 18.1 Å². The van der Waals surface area contributed by atoms with E-state index in [0.29, 0.717) is 6.42 Å². The number of hydrogen-bond donors (Lipinski definition) is 2. The summed E-state index contributed by atoms with van der Waals surface area (Å²) in [5.74, 6) is -0.943. The van der Waals surface area contributed by atoms with Crippen LogP contribution in [0.25, 0.3) is 0 Å². The van der Waals surface area contributed by atoms with Gasteiger partial charge in [0.1, 0.15) is 12.4 Å². The van der Waals surface area contributed by atoms with Crippen LogP contribution in [0.2, 0.25) is 0 Å². The van der Waals surface area contributed by atoms with E-state index in [1.165, 1.54) is 19.4 Å². The van der Waals surface area contributed by atoms with E-state index in [0.717, 1.165) is 5.56 Å². The van der Waals surface area contributed by atoms with E-state index >= 15 is 0 Å². The summed E-state index contributed by atoms with van der Waals surface area (Å²) >= 11 is 0. The molecule has 0 saturated heterocycles. The van der Waals surface area contributed by atoms with Crippen molar-refractivity contribution in [3.05, 3.63) is 53.7 Å². The van der Waals surface area contributed by atoms with Gasteiger partial charge < -0.3 is 20.3 Å². The molecule has 0 amide bonds. The number of hydrogen-bond acceptors (Lipinski definition) is 5. The highest BCUT2D eigenvalue weighted by Crippen LogP contribution is 2.25. The Morgan fingerprint density at radius 2 is 2.05 bits per heavy atom. The molecule has 0 bridgehead atoms. The monoisotopic (exact) mass is 302 g/mol. The summed E-state index contributed by atoms with van der Waals surface area (Å²) in [7, 11) is 1.40. The molecular formula is C16H18N2O4. The molecule has 0 fully saturated rings. The van der Waals surface area contributed by atoms with E-state index in [2.05, 4.69) is 4.98 Å². The van der Waals surface area contributed by atoms with E-state index in [1.807, 2.05) is 30.3 Å². The fourth-order valence-electron chi connectivity index (χ4n) is 2.06. The highest BCUT2D eigenvalue weighted by Gasteiger charge is 2.19. The normalized spacial score (nSPS) is 11.7. The lowest BCUT2D eigenvalue weighted by atomic mass is 10.1. The fraction of sp³-hybridized carbons (Fsp3) is 0.250. The minimum absolute atomic E-state index is 0.00959. The van der Waals surface area contributed by atoms with Gasteiger partial charge in [0.25, 0.3) is 0 Å². The minimum atomic E-state index is -1.16. The molecule has 2 aromatic rings. The maximum absolute atomic E-state index is 11.3. The summed E-state index contributed by atoms with van der Waals surface area (Å²) in [5.41, 5.74) is 7.01. The number of rotatable bonds is 7. The maximum atomic E-state index is 11.3. The molecule has 3 N–H and O–H groups in total. The summed E-state index contributed by atoms with van der Waals surface area (Å²) in [4.78, 5) is 15.3. The van der Waals surface area contributed by atoms with E-state index in [-0.39, 0.29) is 29.8 Å². The molecule has 0 saturated carbocycles. The van der Waals surface area contributed by atoms with Gasteiger partial charge in [-0.2, -0.15) is 0 Å². The molecule has 1 unspecified atom stereocenters. The molecule has 1 heterocycles. The zero-order valence-electron chi connectivity index (χ0n) is 12.2. The van der Waals surface area contributed by atoms with Crippen LogP contribution in [0.5, 0.6) is 11.6 Å². The van der Waals surface area contributed by atoms with E-state index in [1.54, 1.807) is 0 Å². The highest BCUT2D eigenvalue weighted by atomic mass is 16.5. The molecule has 2 rings (SSSR count). The molecule has 6 nitrogen and oxygen atoms in total. The van der Waals surface area contributed by atoms with Crippen molar-refractivity contribution >= 4 is 5.97 Å². The SMILES string of the molecule is COc1ccnc(OCC(N)Cc2ccccc2)c1C(=O)O. The van der Waals surface area contributed by atoms with Crippen LogP contribution in [0.15, 0.2) is 42.6 Å². The summed E-state index contributed by atoms with van der Waals surface area (Å²) in [6.45, 7) is 0.162. The number of pyridine rings is 1. The molecule has 1 aromatic carbocycles. The molecule has 0 aliphatic rings. The first-order valence-electron chi connectivity index (χ1n) is 6.80. The van der Waals surface area contributed by atoms with Crippen LogP contribution in [0.3, 0.4) is 0 Å². The van der Waals surface area contributed by atoms with Gasteiger partial charge in [0.2, 0.25) is 5.88 Å². The number of carboxylic acids is 1. The van der Waals surface area contributed by atoms with Gasteiger partial charge in [0.15, 0.2) is 5.56 Å². The van der Waals surface area contributed by atoms with Gasteiger partial charge in [-0.15, -0.1) is 0 Å². The predicted octanol–water partition coefficient (Wildman–Crippen LogP) is 1.74. The Kier molecular flexibility index (Phi) is 5.32. The van der Waals surface area contributed by atoms with Crippen LogP contribution in [-0.2, 0) is 6.42 Å². The molecule has 0 spiro atoms. The quantitative estimate of drug-likeness (QED) is 0.809. The third-order valence-corrected chi connectivity index (χ3v) is 3.09. The molecule has 1 atom stereocenters. The highest BCUT2D eigenvalue weighted by molar-refractivity contribution is 5.93. The standard InChI is InChI=1S/C16H18N2O4/c1-21-13-7-8-18-15(14(13)16(19)20)22-10-12(17)9-11-5-3-2-4-6-11/h2-8,12H,9-10,17H2,1H3,(H,19,20). The Morgan fingerprint density at radius 3 is 2.68 bits per heavy atom. The van der Waals surface area contributed by atoms with Crippen LogP contribution >= 0.6 is 0 Å². The van der Waals surface area contributed by atoms with Crippen LogP contribution in [0.1, 0.15) is 15.9 Å². The molecule has 1 aromatic heterocycles. The number of aromatic nitrogens is 1. The second kappa shape index (κ2) is 7.42. The van der Waals surface area contributed by atoms with Gasteiger partial charge in [0.05, 0.1) is 7.11 Å². The third kappa shape index (κ3) is 3.95. The van der Waals surface area contributed by atoms with Gasteiger partial charge in [-0.3, -0.25) is 0 Å². The smallest absolute Gasteiger partial charge is 0.345 e. The molecule has 0 aliphatic carbocycles. The van der Waals surface area contributed by atoms with Crippen molar-refractivity contribution in [2.24, 2.45) is 5.73 Å². The van der Waals surface area contributed by atoms with Crippen molar-refractivity contribution in [2.75, 3.05) is 13.7 Å². The topological polar surface area (TPSA) is 94.7 Å². The second-order valence-corrected chi connectivity index (χ2v) is 4.76. The molecule has 22 heavy (non-hydrogen) atoms. The Bertz CT molecular complexity index is 631. The molecular weight excluding hydrogens is 284 g/mol. The largest absolute Gasteiger partial charge is 0.496 e. The Labute approximate surface area is 128 Å². The minimum Gasteiger partial charge on any atom is -0.496 e. The van der Waals surface area contributed by atoms with Crippen molar-refractivity contribution < 1.29 is 19.4 Å². The van der Waals surface area contributed by atoms with Gasteiger partial charge in [-0.25, -0.2) is 9.78 Å². The number of methoxy groups -OCH3 is 1. The summed E-state index contributed by atoms with van der Waals surface area (Å²) in [6.07, 6.45) is 2.07. The molecule has 6 heteroatoms. The van der Waals surface area contributed by atoms with Crippen LogP contribution in [0, 0.1) is 0 Å². The molecule has 0 aliphatic heterocycles. The average molecular weight is 302 g/mol. The van der Waals surface area contributed by atoms with E-state index in [4.69, 9.17) is 15.2 Å². The Hall–Kier alpha value is -2.60. The lowest BCUT2D eigenvalue weighted by Crippen LogP contribution is -2.30. The fourth-order valence-corrected chi connectivity index (χ4v) is 2.06. The number of carboxylic acid groups (broad SMARTS) is 1. The zero-order valence-corrected chi connectivity index (χ0v) is 12.2. The summed E-state index contributed by atoms with van der Waals surface area (Å²) < 4.78 is 10.5. The first kappa shape index (κ1) is 15.8. The number of nitrogens with two attached hydrogens (primary N) is 1. The third-order valence-electron chi connectivity index (χ3n) is 3.09. The van der Waals surface area contributed by atoms with Crippen LogP contribution < -0.4 is 15.2 Å². The van der Waals surface area contributed by atoms with Crippen molar-refractivity contribution in [1.82, 2.24) is 4.98 Å². The number of benzene rings is 1. The lowest BCUT2D eigenvalue weighted by Gasteiger charge is -2.15. The van der Waals surface area contributed by atoms with Gasteiger partial charge in [0, 0.05) is 12.2 Å². The first-order chi connectivity index (χ1) is 10.6. The van der Waals surface area contributed by atoms with Crippen LogP contribution in [-0.4, -0.2) is 35.8 Å². The lowest BCUT2D eigenvalue weighted by molar-refractivity contribution is 0.0686. The second-order valence-electron chi connectivity index (χ2n) is 4.76. The number of ether oxygens (including phenoxy) is 2. The summed E-state index contributed by atoms with van der Waals surface area (Å²) in [6, 6.07) is 11.0. The van der Waals surface area contributed by atoms with Gasteiger partial charge >= 0.3 is 5.97 Å². The van der Waals surface area contributed by atoms with E-state index < -0.39 is 5.97 Å². The summed E-state index contributed by atoms with van der Waals surface area (Å²) in [5, 5.41) is 9.25. The maximum Gasteiger partial charge on any atom is 0.345 e. The van der Waals surface area contributed by atoms with Crippen molar-refractivity contribution in [3.63, 3.8) is 0 Å². The van der Waals surface area contributed by atoms with Crippen molar-refractivity contribution in [2.45, 2.75) is 12.5 Å². The number of carbonyl (C=O) groups is 1. The zero-order chi connectivity index (χ0) is 15.9. The Morgan fingerprint density at radius 1 is 1.32 bits per heavy atom. The van der Waals surface area contributed by atoms with Crippen molar-refractivity contribution in [3.8, 4) is 11.6 Å². The van der Waals surface area contributed by atoms with Crippen molar-refractivity contribution in [1.29, 1.82) is 0 Å². The van der Waals surface area contributed by atoms with Crippen LogP contribution in [0.4, 0.5) is 0 Å². The molecule has 116 valence electrons.